The Labute approximate surface area is 152 Å². The predicted molar refractivity (Wildman–Crippen MR) is 97.6 cm³/mol. The van der Waals surface area contributed by atoms with Crippen LogP contribution in [0.3, 0.4) is 0 Å². The number of aromatic nitrogens is 1. The summed E-state index contributed by atoms with van der Waals surface area (Å²) >= 11 is 1.80. The molecule has 2 aromatic heterocycles. The van der Waals surface area contributed by atoms with E-state index in [9.17, 15) is 4.79 Å². The smallest absolute Gasteiger partial charge is 0.228 e. The molecule has 0 aliphatic carbocycles. The Morgan fingerprint density at radius 1 is 1.48 bits per heavy atom. The minimum Gasteiger partial charge on any atom is -0.492 e. The molecule has 2 saturated heterocycles. The van der Waals surface area contributed by atoms with E-state index in [2.05, 4.69) is 33.6 Å². The molecule has 132 valence electrons. The van der Waals surface area contributed by atoms with Gasteiger partial charge in [-0.25, -0.2) is 0 Å². The van der Waals surface area contributed by atoms with Gasteiger partial charge >= 0.3 is 0 Å². The molecule has 2 fully saturated rings. The molecular weight excluding hydrogens is 334 g/mol. The van der Waals surface area contributed by atoms with Crippen molar-refractivity contribution in [2.24, 2.45) is 11.3 Å². The van der Waals surface area contributed by atoms with Gasteiger partial charge in [0, 0.05) is 36.6 Å². The van der Waals surface area contributed by atoms with Crippen LogP contribution < -0.4 is 10.1 Å². The van der Waals surface area contributed by atoms with Crippen LogP contribution in [0.25, 0.3) is 0 Å². The second kappa shape index (κ2) is 6.77. The number of carbonyl (C=O) groups is 1. The van der Waals surface area contributed by atoms with Gasteiger partial charge in [0.2, 0.25) is 5.91 Å². The summed E-state index contributed by atoms with van der Waals surface area (Å²) in [5.74, 6) is 1.16. The molecule has 1 spiro atoms. The number of thiophene rings is 1. The first-order valence-corrected chi connectivity index (χ1v) is 9.62. The van der Waals surface area contributed by atoms with Crippen LogP contribution in [0.5, 0.6) is 5.75 Å². The molecule has 0 saturated carbocycles. The second-order valence-corrected chi connectivity index (χ2v) is 8.05. The number of hydrogen-bond acceptors (Lipinski definition) is 5. The van der Waals surface area contributed by atoms with Crippen LogP contribution in [0.2, 0.25) is 0 Å². The van der Waals surface area contributed by atoms with Crippen LogP contribution in [0.15, 0.2) is 36.0 Å². The zero-order chi connectivity index (χ0) is 17.3. The molecule has 2 aromatic rings. The molecule has 0 bridgehead atoms. The SMILES string of the molecule is Cc1ccsc1CN1CC[C@@]2(C1)C(=O)NC[C@@H]2COc1cccnc1. The van der Waals surface area contributed by atoms with Crippen molar-refractivity contribution in [3.05, 3.63) is 46.4 Å². The maximum atomic E-state index is 12.6. The Kier molecular flexibility index (Phi) is 4.48. The summed E-state index contributed by atoms with van der Waals surface area (Å²) in [7, 11) is 0. The third-order valence-electron chi connectivity index (χ3n) is 5.54. The largest absolute Gasteiger partial charge is 0.492 e. The van der Waals surface area contributed by atoms with Gasteiger partial charge in [0.25, 0.3) is 0 Å². The highest BCUT2D eigenvalue weighted by Crippen LogP contribution is 2.42. The number of aryl methyl sites for hydroxylation is 1. The summed E-state index contributed by atoms with van der Waals surface area (Å²) in [5, 5.41) is 5.21. The number of ether oxygens (including phenoxy) is 1. The van der Waals surface area contributed by atoms with Crippen molar-refractivity contribution in [2.45, 2.75) is 19.9 Å². The van der Waals surface area contributed by atoms with Crippen molar-refractivity contribution in [3.8, 4) is 5.75 Å². The van der Waals surface area contributed by atoms with Crippen LogP contribution in [-0.2, 0) is 11.3 Å². The summed E-state index contributed by atoms with van der Waals surface area (Å²) in [4.78, 5) is 20.5. The van der Waals surface area contributed by atoms with Crippen molar-refractivity contribution in [3.63, 3.8) is 0 Å². The Bertz CT molecular complexity index is 748. The lowest BCUT2D eigenvalue weighted by molar-refractivity contribution is -0.128. The summed E-state index contributed by atoms with van der Waals surface area (Å²) in [6, 6.07) is 5.94. The fraction of sp³-hybridized carbons (Fsp3) is 0.474. The maximum Gasteiger partial charge on any atom is 0.228 e. The van der Waals surface area contributed by atoms with Crippen LogP contribution in [-0.4, -0.2) is 42.0 Å². The van der Waals surface area contributed by atoms with Gasteiger partial charge in [-0.2, -0.15) is 0 Å². The van der Waals surface area contributed by atoms with Gasteiger partial charge in [-0.1, -0.05) is 0 Å². The first-order chi connectivity index (χ1) is 12.2. The van der Waals surface area contributed by atoms with E-state index in [4.69, 9.17) is 4.74 Å². The highest BCUT2D eigenvalue weighted by atomic mass is 32.1. The lowest BCUT2D eigenvalue weighted by Crippen LogP contribution is -2.40. The molecule has 0 unspecified atom stereocenters. The minimum atomic E-state index is -0.312. The topological polar surface area (TPSA) is 54.5 Å². The van der Waals surface area contributed by atoms with E-state index >= 15 is 0 Å². The molecule has 4 heterocycles. The van der Waals surface area contributed by atoms with Gasteiger partial charge in [-0.05, 0) is 49.0 Å². The summed E-state index contributed by atoms with van der Waals surface area (Å²) in [6.45, 7) is 6.13. The molecule has 5 nitrogen and oxygen atoms in total. The first-order valence-electron chi connectivity index (χ1n) is 8.74. The Balaban J connectivity index is 1.43. The third-order valence-corrected chi connectivity index (χ3v) is 6.55. The molecule has 2 aliphatic heterocycles. The maximum absolute atomic E-state index is 12.6. The molecule has 2 aliphatic rings. The number of nitrogens with one attached hydrogen (secondary N) is 1. The molecular formula is C19H23N3O2S. The summed E-state index contributed by atoms with van der Waals surface area (Å²) < 4.78 is 5.91. The van der Waals surface area contributed by atoms with Gasteiger partial charge < -0.3 is 10.1 Å². The van der Waals surface area contributed by atoms with Crippen molar-refractivity contribution < 1.29 is 9.53 Å². The molecule has 6 heteroatoms. The molecule has 2 atom stereocenters. The minimum absolute atomic E-state index is 0.192. The van der Waals surface area contributed by atoms with Crippen molar-refractivity contribution >= 4 is 17.2 Å². The van der Waals surface area contributed by atoms with E-state index in [0.717, 1.165) is 31.8 Å². The number of hydrogen-bond donors (Lipinski definition) is 1. The molecule has 0 aromatic carbocycles. The van der Waals surface area contributed by atoms with E-state index in [-0.39, 0.29) is 17.2 Å². The van der Waals surface area contributed by atoms with Crippen LogP contribution in [0, 0.1) is 18.3 Å². The standard InChI is InChI=1S/C19H23N3O2S/c1-14-4-8-25-17(14)11-22-7-5-19(13-22)15(9-21-18(19)23)12-24-16-3-2-6-20-10-16/h2-4,6,8,10,15H,5,7,9,11-13H2,1H3,(H,21,23)/t15-,19+/m1/s1. The fourth-order valence-corrected chi connectivity index (χ4v) is 4.91. The van der Waals surface area contributed by atoms with Gasteiger partial charge in [0.15, 0.2) is 0 Å². The Morgan fingerprint density at radius 3 is 3.16 bits per heavy atom. The lowest BCUT2D eigenvalue weighted by atomic mass is 9.77. The second-order valence-electron chi connectivity index (χ2n) is 7.05. The molecule has 25 heavy (non-hydrogen) atoms. The summed E-state index contributed by atoms with van der Waals surface area (Å²) in [6.07, 6.45) is 4.36. The fourth-order valence-electron chi connectivity index (χ4n) is 3.96. The van der Waals surface area contributed by atoms with E-state index in [0.29, 0.717) is 13.2 Å². The number of rotatable bonds is 5. The zero-order valence-corrected chi connectivity index (χ0v) is 15.2. The van der Waals surface area contributed by atoms with Gasteiger partial charge in [0.05, 0.1) is 18.2 Å². The molecule has 0 radical (unpaired) electrons. The van der Waals surface area contributed by atoms with E-state index in [1.54, 1.807) is 23.7 Å². The Morgan fingerprint density at radius 2 is 2.40 bits per heavy atom. The van der Waals surface area contributed by atoms with Crippen LogP contribution >= 0.6 is 11.3 Å². The van der Waals surface area contributed by atoms with Crippen molar-refractivity contribution in [1.29, 1.82) is 0 Å². The van der Waals surface area contributed by atoms with Crippen molar-refractivity contribution in [1.82, 2.24) is 15.2 Å². The van der Waals surface area contributed by atoms with E-state index < -0.39 is 0 Å². The highest BCUT2D eigenvalue weighted by Gasteiger charge is 2.54. The first kappa shape index (κ1) is 16.5. The number of pyridine rings is 1. The third kappa shape index (κ3) is 3.16. The number of carbonyl (C=O) groups excluding carboxylic acids is 1. The normalized spacial score (nSPS) is 26.3. The van der Waals surface area contributed by atoms with E-state index in [1.165, 1.54) is 10.4 Å². The molecule has 1 N–H and O–H groups in total. The van der Waals surface area contributed by atoms with E-state index in [1.807, 2.05) is 12.1 Å². The molecule has 1 amide bonds. The quantitative estimate of drug-likeness (QED) is 0.893. The zero-order valence-electron chi connectivity index (χ0n) is 14.4. The Hall–Kier alpha value is -1.92. The number of nitrogens with zero attached hydrogens (tertiary/aromatic N) is 2. The average molecular weight is 357 g/mol. The predicted octanol–water partition coefficient (Wildman–Crippen LogP) is 2.47. The van der Waals surface area contributed by atoms with Crippen LogP contribution in [0.4, 0.5) is 0 Å². The van der Waals surface area contributed by atoms with Gasteiger partial charge in [-0.3, -0.25) is 14.7 Å². The monoisotopic (exact) mass is 357 g/mol. The average Bonchev–Trinajstić information content (AvgIpc) is 3.31. The lowest BCUT2D eigenvalue weighted by Gasteiger charge is -2.28. The summed E-state index contributed by atoms with van der Waals surface area (Å²) in [5.41, 5.74) is 1.03. The number of amides is 1. The number of likely N-dealkylation sites (tertiary alicyclic amines) is 1. The highest BCUT2D eigenvalue weighted by molar-refractivity contribution is 7.10. The van der Waals surface area contributed by atoms with Gasteiger partial charge in [-0.15, -0.1) is 11.3 Å². The molecule has 4 rings (SSSR count). The van der Waals surface area contributed by atoms with Crippen LogP contribution in [0.1, 0.15) is 16.9 Å². The van der Waals surface area contributed by atoms with Crippen molar-refractivity contribution in [2.75, 3.05) is 26.2 Å². The van der Waals surface area contributed by atoms with Gasteiger partial charge in [0.1, 0.15) is 5.75 Å².